The van der Waals surface area contributed by atoms with Crippen molar-refractivity contribution in [2.24, 2.45) is 11.7 Å². The summed E-state index contributed by atoms with van der Waals surface area (Å²) < 4.78 is 0. The fourth-order valence-corrected chi connectivity index (χ4v) is 2.62. The molecule has 1 fully saturated rings. The van der Waals surface area contributed by atoms with Crippen molar-refractivity contribution in [1.82, 2.24) is 15.2 Å². The number of carbonyl (C=O) groups excluding carboxylic acids is 2. The molecule has 1 aromatic heterocycles. The zero-order valence-corrected chi connectivity index (χ0v) is 12.8. The number of aromatic nitrogens is 1. The molecule has 0 unspecified atom stereocenters. The standard InChI is InChI=1S/C15H23N5O2/c1-10(21)20-8-12(4-5-13(16)9-20)15(22)19-7-11-3-2-6-18-14(11)17/h2-3,6,12-13H,4-5,7-9,16H2,1H3,(H2,17,18)(H,19,22)/t12-,13+/m1/s1. The number of nitrogens with zero attached hydrogens (tertiary/aromatic N) is 2. The predicted molar refractivity (Wildman–Crippen MR) is 83.4 cm³/mol. The second-order valence-corrected chi connectivity index (χ2v) is 5.72. The Morgan fingerprint density at radius 3 is 2.86 bits per heavy atom. The monoisotopic (exact) mass is 305 g/mol. The Hall–Kier alpha value is -2.15. The summed E-state index contributed by atoms with van der Waals surface area (Å²) >= 11 is 0. The van der Waals surface area contributed by atoms with E-state index < -0.39 is 0 Å². The first-order chi connectivity index (χ1) is 10.5. The summed E-state index contributed by atoms with van der Waals surface area (Å²) in [5, 5.41) is 2.87. The fourth-order valence-electron chi connectivity index (χ4n) is 2.62. The highest BCUT2D eigenvalue weighted by molar-refractivity contribution is 5.80. The van der Waals surface area contributed by atoms with Gasteiger partial charge in [0, 0.05) is 44.4 Å². The molecule has 5 N–H and O–H groups in total. The highest BCUT2D eigenvalue weighted by Crippen LogP contribution is 2.17. The summed E-state index contributed by atoms with van der Waals surface area (Å²) in [6.45, 7) is 2.76. The summed E-state index contributed by atoms with van der Waals surface area (Å²) in [6.07, 6.45) is 3.02. The van der Waals surface area contributed by atoms with Crippen LogP contribution < -0.4 is 16.8 Å². The summed E-state index contributed by atoms with van der Waals surface area (Å²) in [6, 6.07) is 3.53. The molecule has 0 aliphatic carbocycles. The maximum atomic E-state index is 12.4. The molecule has 0 radical (unpaired) electrons. The SMILES string of the molecule is CC(=O)N1C[C@@H](N)CC[C@@H](C(=O)NCc2cccnc2N)C1. The molecule has 0 saturated carbocycles. The van der Waals surface area contributed by atoms with E-state index in [4.69, 9.17) is 11.5 Å². The lowest BCUT2D eigenvalue weighted by molar-refractivity contribution is -0.131. The second kappa shape index (κ2) is 7.22. The molecule has 2 amide bonds. The number of hydrogen-bond donors (Lipinski definition) is 3. The second-order valence-electron chi connectivity index (χ2n) is 5.72. The first-order valence-electron chi connectivity index (χ1n) is 7.45. The van der Waals surface area contributed by atoms with Gasteiger partial charge in [0.05, 0.1) is 5.92 Å². The molecule has 0 aromatic carbocycles. The third-order valence-electron chi connectivity index (χ3n) is 3.98. The average molecular weight is 305 g/mol. The number of nitrogen functional groups attached to an aromatic ring is 1. The van der Waals surface area contributed by atoms with Gasteiger partial charge in [0.15, 0.2) is 0 Å². The van der Waals surface area contributed by atoms with E-state index in [1.807, 2.05) is 6.07 Å². The summed E-state index contributed by atoms with van der Waals surface area (Å²) in [4.78, 5) is 29.6. The van der Waals surface area contributed by atoms with Crippen LogP contribution in [0.3, 0.4) is 0 Å². The van der Waals surface area contributed by atoms with Crippen LogP contribution in [0.4, 0.5) is 5.82 Å². The summed E-state index contributed by atoms with van der Waals surface area (Å²) in [5.74, 6) is 0.0432. The summed E-state index contributed by atoms with van der Waals surface area (Å²) in [7, 11) is 0. The van der Waals surface area contributed by atoms with E-state index in [1.54, 1.807) is 17.2 Å². The van der Waals surface area contributed by atoms with Crippen LogP contribution in [0.1, 0.15) is 25.3 Å². The fraction of sp³-hybridized carbons (Fsp3) is 0.533. The molecule has 1 aromatic rings. The van der Waals surface area contributed by atoms with Gasteiger partial charge in [0.1, 0.15) is 5.82 Å². The smallest absolute Gasteiger partial charge is 0.225 e. The van der Waals surface area contributed by atoms with Gasteiger partial charge in [-0.15, -0.1) is 0 Å². The molecule has 1 aliphatic rings. The first-order valence-corrected chi connectivity index (χ1v) is 7.45. The molecule has 1 saturated heterocycles. The lowest BCUT2D eigenvalue weighted by Crippen LogP contribution is -2.42. The third-order valence-corrected chi connectivity index (χ3v) is 3.98. The molecule has 1 aliphatic heterocycles. The Kier molecular flexibility index (Phi) is 5.32. The van der Waals surface area contributed by atoms with Crippen molar-refractivity contribution in [1.29, 1.82) is 0 Å². The molecule has 22 heavy (non-hydrogen) atoms. The zero-order valence-electron chi connectivity index (χ0n) is 12.8. The molecular weight excluding hydrogens is 282 g/mol. The molecule has 0 spiro atoms. The molecule has 7 nitrogen and oxygen atoms in total. The zero-order chi connectivity index (χ0) is 16.1. The average Bonchev–Trinajstić information content (AvgIpc) is 2.68. The minimum absolute atomic E-state index is 0.0494. The van der Waals surface area contributed by atoms with Gasteiger partial charge in [0.25, 0.3) is 0 Å². The van der Waals surface area contributed by atoms with Crippen molar-refractivity contribution in [3.8, 4) is 0 Å². The number of hydrogen-bond acceptors (Lipinski definition) is 5. The van der Waals surface area contributed by atoms with Gasteiger partial charge >= 0.3 is 0 Å². The Morgan fingerprint density at radius 2 is 2.18 bits per heavy atom. The predicted octanol–water partition coefficient (Wildman–Crippen LogP) is -0.134. The van der Waals surface area contributed by atoms with E-state index in [-0.39, 0.29) is 23.8 Å². The lowest BCUT2D eigenvalue weighted by atomic mass is 10.0. The molecule has 2 rings (SSSR count). The number of rotatable bonds is 3. The molecule has 2 atom stereocenters. The van der Waals surface area contributed by atoms with Crippen molar-refractivity contribution in [2.45, 2.75) is 32.4 Å². The number of amides is 2. The molecule has 2 heterocycles. The Balaban J connectivity index is 1.96. The number of pyridine rings is 1. The Morgan fingerprint density at radius 1 is 1.41 bits per heavy atom. The van der Waals surface area contributed by atoms with Crippen LogP contribution in [0.15, 0.2) is 18.3 Å². The maximum Gasteiger partial charge on any atom is 0.225 e. The van der Waals surface area contributed by atoms with Crippen molar-refractivity contribution < 1.29 is 9.59 Å². The van der Waals surface area contributed by atoms with Gasteiger partial charge in [0.2, 0.25) is 11.8 Å². The van der Waals surface area contributed by atoms with Gasteiger partial charge < -0.3 is 21.7 Å². The molecule has 0 bridgehead atoms. The number of carbonyl (C=O) groups is 2. The van der Waals surface area contributed by atoms with E-state index in [9.17, 15) is 9.59 Å². The van der Waals surface area contributed by atoms with Crippen LogP contribution in [-0.2, 0) is 16.1 Å². The topological polar surface area (TPSA) is 114 Å². The molecule has 7 heteroatoms. The van der Waals surface area contributed by atoms with Gasteiger partial charge in [-0.25, -0.2) is 4.98 Å². The molecular formula is C15H23N5O2. The first kappa shape index (κ1) is 16.2. The summed E-state index contributed by atoms with van der Waals surface area (Å²) in [5.41, 5.74) is 12.5. The minimum Gasteiger partial charge on any atom is -0.383 e. The van der Waals surface area contributed by atoms with Crippen LogP contribution >= 0.6 is 0 Å². The largest absolute Gasteiger partial charge is 0.383 e. The third kappa shape index (κ3) is 4.17. The number of nitrogens with one attached hydrogen (secondary N) is 1. The van der Waals surface area contributed by atoms with Gasteiger partial charge in [-0.05, 0) is 18.9 Å². The van der Waals surface area contributed by atoms with Gasteiger partial charge in [-0.2, -0.15) is 0 Å². The van der Waals surface area contributed by atoms with E-state index in [0.717, 1.165) is 12.0 Å². The Bertz CT molecular complexity index is 548. The van der Waals surface area contributed by atoms with Crippen LogP contribution in [0, 0.1) is 5.92 Å². The highest BCUT2D eigenvalue weighted by atomic mass is 16.2. The van der Waals surface area contributed by atoms with Gasteiger partial charge in [-0.1, -0.05) is 6.07 Å². The molecule has 120 valence electrons. The lowest BCUT2D eigenvalue weighted by Gasteiger charge is -2.23. The van der Waals surface area contributed by atoms with E-state index >= 15 is 0 Å². The minimum atomic E-state index is -0.240. The van der Waals surface area contributed by atoms with Crippen LogP contribution in [-0.4, -0.2) is 40.8 Å². The van der Waals surface area contributed by atoms with Gasteiger partial charge in [-0.3, -0.25) is 9.59 Å². The van der Waals surface area contributed by atoms with E-state index in [0.29, 0.717) is 31.9 Å². The van der Waals surface area contributed by atoms with Crippen molar-refractivity contribution in [3.05, 3.63) is 23.9 Å². The van der Waals surface area contributed by atoms with E-state index in [2.05, 4.69) is 10.3 Å². The van der Waals surface area contributed by atoms with Crippen molar-refractivity contribution in [3.63, 3.8) is 0 Å². The number of nitrogens with two attached hydrogens (primary N) is 2. The maximum absolute atomic E-state index is 12.4. The number of likely N-dealkylation sites (tertiary alicyclic amines) is 1. The normalized spacial score (nSPS) is 22.0. The quantitative estimate of drug-likeness (QED) is 0.719. The van der Waals surface area contributed by atoms with Crippen molar-refractivity contribution >= 4 is 17.6 Å². The highest BCUT2D eigenvalue weighted by Gasteiger charge is 2.28. The Labute approximate surface area is 130 Å². The van der Waals surface area contributed by atoms with Crippen LogP contribution in [0.2, 0.25) is 0 Å². The van der Waals surface area contributed by atoms with Crippen LogP contribution in [0.25, 0.3) is 0 Å². The van der Waals surface area contributed by atoms with Crippen molar-refractivity contribution in [2.75, 3.05) is 18.8 Å². The van der Waals surface area contributed by atoms with E-state index in [1.165, 1.54) is 6.92 Å². The van der Waals surface area contributed by atoms with Crippen LogP contribution in [0.5, 0.6) is 0 Å². The number of anilines is 1.